The largest absolute Gasteiger partial charge is 0.434 e. The molecule has 0 fully saturated rings. The molecule has 2 rings (SSSR count). The van der Waals surface area contributed by atoms with E-state index in [-0.39, 0.29) is 11.3 Å². The molecule has 1 amide bonds. The number of benzene rings is 1. The van der Waals surface area contributed by atoms with E-state index in [0.29, 0.717) is 13.0 Å². The lowest BCUT2D eigenvalue weighted by atomic mass is 10.1. The monoisotopic (exact) mass is 306 g/mol. The van der Waals surface area contributed by atoms with Crippen LogP contribution >= 0.6 is 0 Å². The summed E-state index contributed by atoms with van der Waals surface area (Å²) in [5.41, 5.74) is 1.04. The van der Waals surface area contributed by atoms with Crippen LogP contribution in [0.4, 0.5) is 8.78 Å². The second kappa shape index (κ2) is 8.07. The Morgan fingerprint density at radius 1 is 1.18 bits per heavy atom. The van der Waals surface area contributed by atoms with Crippen molar-refractivity contribution >= 4 is 5.91 Å². The smallest absolute Gasteiger partial charge is 0.387 e. The molecule has 0 spiro atoms. The van der Waals surface area contributed by atoms with Crippen molar-refractivity contribution in [3.63, 3.8) is 0 Å². The maximum Gasteiger partial charge on any atom is 0.387 e. The van der Waals surface area contributed by atoms with E-state index in [2.05, 4.69) is 15.0 Å². The Morgan fingerprint density at radius 2 is 1.95 bits per heavy atom. The maximum absolute atomic E-state index is 12.3. The van der Waals surface area contributed by atoms with Gasteiger partial charge in [0.25, 0.3) is 5.91 Å². The Bertz CT molecular complexity index is 606. The minimum Gasteiger partial charge on any atom is -0.434 e. The molecular formula is C16H16F2N2O2. The molecule has 116 valence electrons. The lowest BCUT2D eigenvalue weighted by molar-refractivity contribution is -0.0501. The van der Waals surface area contributed by atoms with Crippen molar-refractivity contribution in [2.24, 2.45) is 0 Å². The van der Waals surface area contributed by atoms with Gasteiger partial charge in [-0.1, -0.05) is 18.2 Å². The number of aromatic nitrogens is 1. The molecule has 22 heavy (non-hydrogen) atoms. The molecular weight excluding hydrogens is 290 g/mol. The number of amides is 1. The highest BCUT2D eigenvalue weighted by Gasteiger charge is 2.14. The summed E-state index contributed by atoms with van der Waals surface area (Å²) in [6.07, 6.45) is 3.16. The Hall–Kier alpha value is -2.50. The molecule has 4 nitrogen and oxygen atoms in total. The van der Waals surface area contributed by atoms with Gasteiger partial charge < -0.3 is 10.1 Å². The summed E-state index contributed by atoms with van der Waals surface area (Å²) in [5.74, 6) is -0.558. The van der Waals surface area contributed by atoms with E-state index in [0.717, 1.165) is 12.1 Å². The average molecular weight is 306 g/mol. The Kier molecular flexibility index (Phi) is 5.82. The Morgan fingerprint density at radius 3 is 2.68 bits per heavy atom. The van der Waals surface area contributed by atoms with Crippen LogP contribution in [0.5, 0.6) is 5.75 Å². The van der Waals surface area contributed by atoms with Crippen molar-refractivity contribution in [1.29, 1.82) is 0 Å². The van der Waals surface area contributed by atoms with Crippen LogP contribution in [0.2, 0.25) is 0 Å². The van der Waals surface area contributed by atoms with Gasteiger partial charge in [-0.3, -0.25) is 9.78 Å². The maximum atomic E-state index is 12.3. The molecule has 1 aromatic heterocycles. The number of alkyl halides is 2. The van der Waals surface area contributed by atoms with Gasteiger partial charge in [-0.05, 0) is 37.1 Å². The minimum atomic E-state index is -2.96. The van der Waals surface area contributed by atoms with Crippen LogP contribution in [0.3, 0.4) is 0 Å². The van der Waals surface area contributed by atoms with Crippen molar-refractivity contribution < 1.29 is 18.3 Å². The third-order valence-corrected chi connectivity index (χ3v) is 2.97. The first kappa shape index (κ1) is 15.9. The van der Waals surface area contributed by atoms with Crippen LogP contribution in [-0.4, -0.2) is 24.0 Å². The van der Waals surface area contributed by atoms with Crippen LogP contribution in [0.15, 0.2) is 48.7 Å². The molecule has 0 radical (unpaired) electrons. The van der Waals surface area contributed by atoms with Crippen molar-refractivity contribution in [3.05, 3.63) is 59.9 Å². The topological polar surface area (TPSA) is 51.2 Å². The normalized spacial score (nSPS) is 10.5. The van der Waals surface area contributed by atoms with E-state index in [9.17, 15) is 13.6 Å². The standard InChI is InChI=1S/C16H16F2N2O2/c17-16(18)22-14-9-2-1-8-13(14)15(21)20-11-5-7-12-6-3-4-10-19-12/h1-4,6,8-10,16H,5,7,11H2,(H,20,21). The van der Waals surface area contributed by atoms with E-state index in [4.69, 9.17) is 0 Å². The summed E-state index contributed by atoms with van der Waals surface area (Å²) in [6, 6.07) is 11.6. The summed E-state index contributed by atoms with van der Waals surface area (Å²) >= 11 is 0. The first-order valence-electron chi connectivity index (χ1n) is 6.89. The summed E-state index contributed by atoms with van der Waals surface area (Å²) in [5, 5.41) is 2.69. The quantitative estimate of drug-likeness (QED) is 0.800. The number of carbonyl (C=O) groups excluding carboxylic acids is 1. The molecule has 0 aliphatic carbocycles. The molecule has 0 saturated carbocycles. The highest BCUT2D eigenvalue weighted by Crippen LogP contribution is 2.19. The summed E-state index contributed by atoms with van der Waals surface area (Å²) in [6.45, 7) is -2.53. The average Bonchev–Trinajstić information content (AvgIpc) is 2.52. The minimum absolute atomic E-state index is 0.0978. The zero-order valence-electron chi connectivity index (χ0n) is 11.8. The number of pyridine rings is 1. The Balaban J connectivity index is 1.85. The van der Waals surface area contributed by atoms with E-state index in [1.165, 1.54) is 18.2 Å². The summed E-state index contributed by atoms with van der Waals surface area (Å²) in [4.78, 5) is 16.2. The lowest BCUT2D eigenvalue weighted by Gasteiger charge is -2.10. The zero-order chi connectivity index (χ0) is 15.8. The van der Waals surface area contributed by atoms with Gasteiger partial charge in [-0.2, -0.15) is 8.78 Å². The molecule has 0 aliphatic heterocycles. The molecule has 6 heteroatoms. The number of carbonyl (C=O) groups is 1. The molecule has 1 aromatic carbocycles. The lowest BCUT2D eigenvalue weighted by Crippen LogP contribution is -2.25. The van der Waals surface area contributed by atoms with Crippen LogP contribution < -0.4 is 10.1 Å². The molecule has 0 atom stereocenters. The molecule has 1 heterocycles. The van der Waals surface area contributed by atoms with E-state index in [1.54, 1.807) is 12.3 Å². The van der Waals surface area contributed by atoms with Crippen molar-refractivity contribution in [1.82, 2.24) is 10.3 Å². The summed E-state index contributed by atoms with van der Waals surface area (Å²) < 4.78 is 28.9. The van der Waals surface area contributed by atoms with Crippen LogP contribution in [-0.2, 0) is 6.42 Å². The SMILES string of the molecule is O=C(NCCCc1ccccn1)c1ccccc1OC(F)F. The van der Waals surface area contributed by atoms with E-state index < -0.39 is 12.5 Å². The van der Waals surface area contributed by atoms with Gasteiger partial charge in [0.2, 0.25) is 0 Å². The number of para-hydroxylation sites is 1. The fourth-order valence-corrected chi connectivity index (χ4v) is 1.97. The number of aryl methyl sites for hydroxylation is 1. The number of ether oxygens (including phenoxy) is 1. The van der Waals surface area contributed by atoms with Crippen molar-refractivity contribution in [3.8, 4) is 5.75 Å². The van der Waals surface area contributed by atoms with Gasteiger partial charge in [0.1, 0.15) is 5.75 Å². The van der Waals surface area contributed by atoms with Crippen LogP contribution in [0.25, 0.3) is 0 Å². The predicted octanol–water partition coefficient (Wildman–Crippen LogP) is 3.05. The predicted molar refractivity (Wildman–Crippen MR) is 78.0 cm³/mol. The van der Waals surface area contributed by atoms with Crippen molar-refractivity contribution in [2.75, 3.05) is 6.54 Å². The molecule has 0 aliphatic rings. The third kappa shape index (κ3) is 4.80. The Labute approximate surface area is 127 Å². The molecule has 0 bridgehead atoms. The van der Waals surface area contributed by atoms with Crippen LogP contribution in [0, 0.1) is 0 Å². The molecule has 0 saturated heterocycles. The third-order valence-electron chi connectivity index (χ3n) is 2.97. The first-order valence-corrected chi connectivity index (χ1v) is 6.89. The molecule has 0 unspecified atom stereocenters. The van der Waals surface area contributed by atoms with Gasteiger partial charge in [-0.15, -0.1) is 0 Å². The molecule has 2 aromatic rings. The number of halogens is 2. The highest BCUT2D eigenvalue weighted by molar-refractivity contribution is 5.96. The van der Waals surface area contributed by atoms with Gasteiger partial charge in [0.05, 0.1) is 5.56 Å². The number of hydrogen-bond acceptors (Lipinski definition) is 3. The molecule has 1 N–H and O–H groups in total. The van der Waals surface area contributed by atoms with E-state index >= 15 is 0 Å². The van der Waals surface area contributed by atoms with Crippen molar-refractivity contribution in [2.45, 2.75) is 19.5 Å². The summed E-state index contributed by atoms with van der Waals surface area (Å²) in [7, 11) is 0. The van der Waals surface area contributed by atoms with Gasteiger partial charge >= 0.3 is 6.61 Å². The second-order valence-corrected chi connectivity index (χ2v) is 4.56. The van der Waals surface area contributed by atoms with Gasteiger partial charge in [-0.25, -0.2) is 0 Å². The second-order valence-electron chi connectivity index (χ2n) is 4.56. The first-order chi connectivity index (χ1) is 10.7. The van der Waals surface area contributed by atoms with Gasteiger partial charge in [0, 0.05) is 18.4 Å². The fraction of sp³-hybridized carbons (Fsp3) is 0.250. The fourth-order valence-electron chi connectivity index (χ4n) is 1.97. The number of nitrogens with zero attached hydrogens (tertiary/aromatic N) is 1. The number of nitrogens with one attached hydrogen (secondary N) is 1. The van der Waals surface area contributed by atoms with Gasteiger partial charge in [0.15, 0.2) is 0 Å². The number of hydrogen-bond donors (Lipinski definition) is 1. The zero-order valence-corrected chi connectivity index (χ0v) is 11.8. The number of rotatable bonds is 7. The van der Waals surface area contributed by atoms with Crippen LogP contribution in [0.1, 0.15) is 22.5 Å². The highest BCUT2D eigenvalue weighted by atomic mass is 19.3. The van der Waals surface area contributed by atoms with E-state index in [1.807, 2.05) is 18.2 Å².